The van der Waals surface area contributed by atoms with Crippen molar-refractivity contribution in [3.63, 3.8) is 0 Å². The molecule has 1 aromatic rings. The first kappa shape index (κ1) is 14.4. The van der Waals surface area contributed by atoms with Crippen LogP contribution >= 0.6 is 0 Å². The zero-order valence-electron chi connectivity index (χ0n) is 12.4. The van der Waals surface area contributed by atoms with Gasteiger partial charge in [-0.1, -0.05) is 38.0 Å². The predicted molar refractivity (Wildman–Crippen MR) is 83.8 cm³/mol. The van der Waals surface area contributed by atoms with Gasteiger partial charge in [0.1, 0.15) is 0 Å². The van der Waals surface area contributed by atoms with E-state index in [1.54, 1.807) is 0 Å². The number of hydrogen-bond acceptors (Lipinski definition) is 2. The fourth-order valence-electron chi connectivity index (χ4n) is 3.30. The third kappa shape index (κ3) is 3.97. The van der Waals surface area contributed by atoms with Crippen LogP contribution in [-0.2, 0) is 0 Å². The van der Waals surface area contributed by atoms with Gasteiger partial charge in [-0.2, -0.15) is 0 Å². The predicted octanol–water partition coefficient (Wildman–Crippen LogP) is 3.68. The number of anilines is 1. The number of rotatable bonds is 6. The topological polar surface area (TPSA) is 15.3 Å². The Morgan fingerprint density at radius 1 is 1.11 bits per heavy atom. The molecule has 0 spiro atoms. The van der Waals surface area contributed by atoms with Gasteiger partial charge in [0, 0.05) is 24.8 Å². The van der Waals surface area contributed by atoms with Crippen molar-refractivity contribution >= 4 is 5.69 Å². The van der Waals surface area contributed by atoms with Crippen LogP contribution in [-0.4, -0.2) is 25.7 Å². The molecule has 0 aliphatic heterocycles. The molecule has 1 aliphatic carbocycles. The highest BCUT2D eigenvalue weighted by atomic mass is 15.1. The molecule has 1 N–H and O–H groups in total. The standard InChI is InChI=1S/C17H28N2/c1-3-18-17-13-9-8-10-15(17)14-19(4-2)16-11-6-5-7-12-16/h5-7,11-12,15,17-18H,3-4,8-10,13-14H2,1-2H3. The van der Waals surface area contributed by atoms with E-state index in [2.05, 4.69) is 54.4 Å². The largest absolute Gasteiger partial charge is 0.371 e. The fraction of sp³-hybridized carbons (Fsp3) is 0.647. The molecule has 2 unspecified atom stereocenters. The number of para-hydroxylation sites is 1. The van der Waals surface area contributed by atoms with Crippen LogP contribution in [0.4, 0.5) is 5.69 Å². The van der Waals surface area contributed by atoms with Crippen molar-refractivity contribution < 1.29 is 0 Å². The van der Waals surface area contributed by atoms with Gasteiger partial charge in [-0.15, -0.1) is 0 Å². The van der Waals surface area contributed by atoms with Crippen molar-refractivity contribution in [1.82, 2.24) is 5.32 Å². The summed E-state index contributed by atoms with van der Waals surface area (Å²) >= 11 is 0. The minimum atomic E-state index is 0.719. The van der Waals surface area contributed by atoms with E-state index in [1.165, 1.54) is 37.9 Å². The van der Waals surface area contributed by atoms with Crippen molar-refractivity contribution in [3.8, 4) is 0 Å². The maximum atomic E-state index is 3.69. The second kappa shape index (κ2) is 7.54. The van der Waals surface area contributed by atoms with Gasteiger partial charge in [0.25, 0.3) is 0 Å². The normalized spacial score (nSPS) is 23.3. The van der Waals surface area contributed by atoms with E-state index in [9.17, 15) is 0 Å². The van der Waals surface area contributed by atoms with Gasteiger partial charge in [0.05, 0.1) is 0 Å². The number of benzene rings is 1. The zero-order chi connectivity index (χ0) is 13.5. The summed E-state index contributed by atoms with van der Waals surface area (Å²) in [5.74, 6) is 0.800. The first-order chi connectivity index (χ1) is 9.35. The SMILES string of the molecule is CCNC1CCCCC1CN(CC)c1ccccc1. The lowest BCUT2D eigenvalue weighted by atomic mass is 9.84. The van der Waals surface area contributed by atoms with Crippen molar-refractivity contribution in [3.05, 3.63) is 30.3 Å². The van der Waals surface area contributed by atoms with E-state index < -0.39 is 0 Å². The molecule has 0 aromatic heterocycles. The molecule has 0 amide bonds. The van der Waals surface area contributed by atoms with E-state index >= 15 is 0 Å². The molecular formula is C17H28N2. The van der Waals surface area contributed by atoms with Crippen molar-refractivity contribution in [2.75, 3.05) is 24.5 Å². The quantitative estimate of drug-likeness (QED) is 0.839. The van der Waals surface area contributed by atoms with E-state index in [1.807, 2.05) is 0 Å². The van der Waals surface area contributed by atoms with Gasteiger partial charge >= 0.3 is 0 Å². The Balaban J connectivity index is 2.00. The molecule has 0 radical (unpaired) electrons. The first-order valence-corrected chi connectivity index (χ1v) is 7.88. The molecule has 1 fully saturated rings. The van der Waals surface area contributed by atoms with Crippen molar-refractivity contribution in [1.29, 1.82) is 0 Å². The van der Waals surface area contributed by atoms with Gasteiger partial charge in [-0.25, -0.2) is 0 Å². The maximum Gasteiger partial charge on any atom is 0.0366 e. The third-order valence-corrected chi connectivity index (χ3v) is 4.33. The summed E-state index contributed by atoms with van der Waals surface area (Å²) in [4.78, 5) is 2.53. The van der Waals surface area contributed by atoms with Gasteiger partial charge in [0.2, 0.25) is 0 Å². The fourth-order valence-corrected chi connectivity index (χ4v) is 3.30. The highest BCUT2D eigenvalue weighted by Crippen LogP contribution is 2.27. The lowest BCUT2D eigenvalue weighted by Gasteiger charge is -2.36. The molecule has 2 rings (SSSR count). The Kier molecular flexibility index (Phi) is 5.71. The van der Waals surface area contributed by atoms with Crippen LogP contribution in [0.3, 0.4) is 0 Å². The lowest BCUT2D eigenvalue weighted by molar-refractivity contribution is 0.268. The van der Waals surface area contributed by atoms with Crippen LogP contribution in [0.5, 0.6) is 0 Å². The maximum absolute atomic E-state index is 3.69. The van der Waals surface area contributed by atoms with E-state index in [4.69, 9.17) is 0 Å². The van der Waals surface area contributed by atoms with Gasteiger partial charge in [-0.05, 0) is 44.4 Å². The molecule has 1 saturated carbocycles. The highest BCUT2D eigenvalue weighted by Gasteiger charge is 2.25. The van der Waals surface area contributed by atoms with Crippen LogP contribution in [0.2, 0.25) is 0 Å². The average molecular weight is 260 g/mol. The van der Waals surface area contributed by atoms with Gasteiger partial charge in [0.15, 0.2) is 0 Å². The molecule has 1 aliphatic rings. The summed E-state index contributed by atoms with van der Waals surface area (Å²) in [7, 11) is 0. The molecule has 0 heterocycles. The van der Waals surface area contributed by atoms with Gasteiger partial charge < -0.3 is 10.2 Å². The zero-order valence-corrected chi connectivity index (χ0v) is 12.4. The van der Waals surface area contributed by atoms with Crippen molar-refractivity contribution in [2.24, 2.45) is 5.92 Å². The van der Waals surface area contributed by atoms with E-state index in [0.29, 0.717) is 0 Å². The Labute approximate surface area is 118 Å². The smallest absolute Gasteiger partial charge is 0.0366 e. The Morgan fingerprint density at radius 3 is 2.53 bits per heavy atom. The van der Waals surface area contributed by atoms with Crippen molar-refractivity contribution in [2.45, 2.75) is 45.6 Å². The molecule has 2 atom stereocenters. The second-order valence-electron chi connectivity index (χ2n) is 5.58. The summed E-state index contributed by atoms with van der Waals surface area (Å²) in [5.41, 5.74) is 1.37. The summed E-state index contributed by atoms with van der Waals surface area (Å²) < 4.78 is 0. The second-order valence-corrected chi connectivity index (χ2v) is 5.58. The molecule has 2 nitrogen and oxygen atoms in total. The van der Waals surface area contributed by atoms with Crippen LogP contribution in [0.1, 0.15) is 39.5 Å². The molecule has 19 heavy (non-hydrogen) atoms. The van der Waals surface area contributed by atoms with Crippen LogP contribution in [0.15, 0.2) is 30.3 Å². The van der Waals surface area contributed by atoms with Crippen LogP contribution in [0, 0.1) is 5.92 Å². The third-order valence-electron chi connectivity index (χ3n) is 4.33. The lowest BCUT2D eigenvalue weighted by Crippen LogP contribution is -2.44. The average Bonchev–Trinajstić information content (AvgIpc) is 2.47. The minimum Gasteiger partial charge on any atom is -0.371 e. The molecular weight excluding hydrogens is 232 g/mol. The molecule has 0 saturated heterocycles. The number of hydrogen-bond donors (Lipinski definition) is 1. The Morgan fingerprint density at radius 2 is 1.84 bits per heavy atom. The monoisotopic (exact) mass is 260 g/mol. The summed E-state index contributed by atoms with van der Waals surface area (Å²) in [6.07, 6.45) is 5.52. The number of nitrogens with zero attached hydrogens (tertiary/aromatic N) is 1. The Hall–Kier alpha value is -1.02. The highest BCUT2D eigenvalue weighted by molar-refractivity contribution is 5.45. The molecule has 0 bridgehead atoms. The summed E-state index contributed by atoms with van der Waals surface area (Å²) in [6, 6.07) is 11.6. The van der Waals surface area contributed by atoms with Crippen LogP contribution in [0.25, 0.3) is 0 Å². The Bertz CT molecular complexity index is 348. The molecule has 1 aromatic carbocycles. The molecule has 2 heteroatoms. The van der Waals surface area contributed by atoms with E-state index in [-0.39, 0.29) is 0 Å². The van der Waals surface area contributed by atoms with E-state index in [0.717, 1.165) is 25.0 Å². The summed E-state index contributed by atoms with van der Waals surface area (Å²) in [5, 5.41) is 3.69. The molecule has 106 valence electrons. The first-order valence-electron chi connectivity index (χ1n) is 7.88. The minimum absolute atomic E-state index is 0.719. The summed E-state index contributed by atoms with van der Waals surface area (Å²) in [6.45, 7) is 7.87. The van der Waals surface area contributed by atoms with Crippen LogP contribution < -0.4 is 10.2 Å². The van der Waals surface area contributed by atoms with Gasteiger partial charge in [-0.3, -0.25) is 0 Å². The number of nitrogens with one attached hydrogen (secondary N) is 1.